The highest BCUT2D eigenvalue weighted by Crippen LogP contribution is 2.25. The van der Waals surface area contributed by atoms with Crippen molar-refractivity contribution < 1.29 is 4.74 Å². The number of hydrogen-bond acceptors (Lipinski definition) is 3. The molecule has 1 N–H and O–H groups in total. The number of nitrogens with one attached hydrogen (secondary N) is 1. The molecule has 1 saturated heterocycles. The normalized spacial score (nSPS) is 17.4. The SMILES string of the molecule is Clc1ccc(OCC2CCNCC2)c(Cl)n1. The zero-order chi connectivity index (χ0) is 11.4. The Balaban J connectivity index is 1.88. The number of aromatic nitrogens is 1. The number of ether oxygens (including phenoxy) is 1. The summed E-state index contributed by atoms with van der Waals surface area (Å²) in [5.41, 5.74) is 0. The van der Waals surface area contributed by atoms with Crippen molar-refractivity contribution in [1.82, 2.24) is 10.3 Å². The Hall–Kier alpha value is -0.510. The third-order valence-corrected chi connectivity index (χ3v) is 3.20. The van der Waals surface area contributed by atoms with Crippen LogP contribution in [0, 0.1) is 5.92 Å². The maximum absolute atomic E-state index is 5.91. The van der Waals surface area contributed by atoms with Crippen molar-refractivity contribution in [2.45, 2.75) is 12.8 Å². The van der Waals surface area contributed by atoms with Crippen LogP contribution < -0.4 is 10.1 Å². The van der Waals surface area contributed by atoms with Gasteiger partial charge in [0.1, 0.15) is 5.15 Å². The van der Waals surface area contributed by atoms with Crippen LogP contribution in [0.15, 0.2) is 12.1 Å². The van der Waals surface area contributed by atoms with E-state index in [4.69, 9.17) is 27.9 Å². The third kappa shape index (κ3) is 3.24. The minimum Gasteiger partial charge on any atom is -0.490 e. The van der Waals surface area contributed by atoms with Crippen LogP contribution in [0.3, 0.4) is 0 Å². The van der Waals surface area contributed by atoms with Crippen LogP contribution in [0.5, 0.6) is 5.75 Å². The van der Waals surface area contributed by atoms with Crippen LogP contribution in [-0.2, 0) is 0 Å². The predicted molar refractivity (Wildman–Crippen MR) is 65.3 cm³/mol. The minimum absolute atomic E-state index is 0.335. The van der Waals surface area contributed by atoms with Crippen LogP contribution >= 0.6 is 23.2 Å². The largest absolute Gasteiger partial charge is 0.490 e. The summed E-state index contributed by atoms with van der Waals surface area (Å²) < 4.78 is 5.65. The van der Waals surface area contributed by atoms with Gasteiger partial charge in [0.2, 0.25) is 0 Å². The number of hydrogen-bond donors (Lipinski definition) is 1. The summed E-state index contributed by atoms with van der Waals surface area (Å²) in [4.78, 5) is 3.93. The van der Waals surface area contributed by atoms with Gasteiger partial charge < -0.3 is 10.1 Å². The van der Waals surface area contributed by atoms with E-state index < -0.39 is 0 Å². The summed E-state index contributed by atoms with van der Waals surface area (Å²) in [7, 11) is 0. The smallest absolute Gasteiger partial charge is 0.172 e. The van der Waals surface area contributed by atoms with E-state index in [-0.39, 0.29) is 0 Å². The Bertz CT molecular complexity index is 354. The fourth-order valence-corrected chi connectivity index (χ4v) is 2.16. The van der Waals surface area contributed by atoms with E-state index >= 15 is 0 Å². The fourth-order valence-electron chi connectivity index (χ4n) is 1.76. The van der Waals surface area contributed by atoms with Crippen molar-refractivity contribution in [3.05, 3.63) is 22.4 Å². The summed E-state index contributed by atoms with van der Waals surface area (Å²) in [5.74, 6) is 1.22. The molecule has 1 aromatic heterocycles. The molecule has 0 amide bonds. The Kier molecular flexibility index (Phi) is 4.27. The molecule has 1 aliphatic rings. The van der Waals surface area contributed by atoms with E-state index in [2.05, 4.69) is 10.3 Å². The second-order valence-corrected chi connectivity index (χ2v) is 4.67. The molecule has 0 aliphatic carbocycles. The minimum atomic E-state index is 0.335. The van der Waals surface area contributed by atoms with Gasteiger partial charge in [0, 0.05) is 0 Å². The topological polar surface area (TPSA) is 34.1 Å². The average molecular weight is 261 g/mol. The molecule has 16 heavy (non-hydrogen) atoms. The van der Waals surface area contributed by atoms with Crippen LogP contribution in [0.4, 0.5) is 0 Å². The second kappa shape index (κ2) is 5.71. The van der Waals surface area contributed by atoms with Gasteiger partial charge in [0.25, 0.3) is 0 Å². The van der Waals surface area contributed by atoms with Gasteiger partial charge in [-0.3, -0.25) is 0 Å². The Labute approximate surface area is 105 Å². The van der Waals surface area contributed by atoms with E-state index in [0.29, 0.717) is 28.6 Å². The lowest BCUT2D eigenvalue weighted by atomic mass is 9.99. The van der Waals surface area contributed by atoms with Crippen LogP contribution in [0.1, 0.15) is 12.8 Å². The van der Waals surface area contributed by atoms with E-state index in [0.717, 1.165) is 25.9 Å². The summed E-state index contributed by atoms with van der Waals surface area (Å²) in [6.45, 7) is 2.84. The molecule has 1 aliphatic heterocycles. The van der Waals surface area contributed by atoms with Gasteiger partial charge in [-0.1, -0.05) is 23.2 Å². The highest BCUT2D eigenvalue weighted by Gasteiger charge is 2.14. The molecule has 0 bridgehead atoms. The fraction of sp³-hybridized carbons (Fsp3) is 0.545. The molecular formula is C11H14Cl2N2O. The zero-order valence-electron chi connectivity index (χ0n) is 8.88. The predicted octanol–water partition coefficient (Wildman–Crippen LogP) is 2.77. The molecule has 0 saturated carbocycles. The van der Waals surface area contributed by atoms with Crippen molar-refractivity contribution in [2.75, 3.05) is 19.7 Å². The lowest BCUT2D eigenvalue weighted by Crippen LogP contribution is -2.30. The lowest BCUT2D eigenvalue weighted by Gasteiger charge is -2.22. The first-order chi connectivity index (χ1) is 7.75. The van der Waals surface area contributed by atoms with Crippen LogP contribution in [0.25, 0.3) is 0 Å². The van der Waals surface area contributed by atoms with Gasteiger partial charge in [-0.25, -0.2) is 4.98 Å². The molecule has 1 fully saturated rings. The molecule has 0 radical (unpaired) electrons. The Morgan fingerprint density at radius 1 is 1.31 bits per heavy atom. The van der Waals surface area contributed by atoms with Gasteiger partial charge in [-0.2, -0.15) is 0 Å². The molecule has 0 aromatic carbocycles. The molecule has 5 heteroatoms. The standard InChI is InChI=1S/C11H14Cl2N2O/c12-10-2-1-9(11(13)15-10)16-7-8-3-5-14-6-4-8/h1-2,8,14H,3-7H2. The van der Waals surface area contributed by atoms with Gasteiger partial charge in [-0.15, -0.1) is 0 Å². The maximum Gasteiger partial charge on any atom is 0.172 e. The lowest BCUT2D eigenvalue weighted by molar-refractivity contribution is 0.215. The molecule has 2 heterocycles. The van der Waals surface area contributed by atoms with E-state index in [1.54, 1.807) is 12.1 Å². The molecule has 0 unspecified atom stereocenters. The number of pyridine rings is 1. The molecule has 1 aromatic rings. The molecular weight excluding hydrogens is 247 g/mol. The van der Waals surface area contributed by atoms with Gasteiger partial charge >= 0.3 is 0 Å². The maximum atomic E-state index is 5.91. The van der Waals surface area contributed by atoms with Crippen molar-refractivity contribution in [3.63, 3.8) is 0 Å². The molecule has 88 valence electrons. The highest BCUT2D eigenvalue weighted by atomic mass is 35.5. The van der Waals surface area contributed by atoms with Crippen molar-refractivity contribution in [2.24, 2.45) is 5.92 Å². The van der Waals surface area contributed by atoms with Crippen molar-refractivity contribution in [1.29, 1.82) is 0 Å². The van der Waals surface area contributed by atoms with E-state index in [1.807, 2.05) is 0 Å². The number of nitrogens with zero attached hydrogens (tertiary/aromatic N) is 1. The summed E-state index contributed by atoms with van der Waals surface area (Å²) in [6, 6.07) is 3.45. The van der Waals surface area contributed by atoms with Crippen LogP contribution in [0.2, 0.25) is 10.3 Å². The second-order valence-electron chi connectivity index (χ2n) is 3.93. The highest BCUT2D eigenvalue weighted by molar-refractivity contribution is 6.33. The zero-order valence-corrected chi connectivity index (χ0v) is 10.4. The molecule has 2 rings (SSSR count). The third-order valence-electron chi connectivity index (χ3n) is 2.71. The van der Waals surface area contributed by atoms with Gasteiger partial charge in [-0.05, 0) is 44.0 Å². The molecule has 0 spiro atoms. The quantitative estimate of drug-likeness (QED) is 0.849. The first-order valence-corrected chi connectivity index (χ1v) is 6.17. The number of halogens is 2. The Morgan fingerprint density at radius 2 is 2.06 bits per heavy atom. The van der Waals surface area contributed by atoms with Gasteiger partial charge in [0.05, 0.1) is 6.61 Å². The van der Waals surface area contributed by atoms with Gasteiger partial charge in [0.15, 0.2) is 10.9 Å². The summed E-state index contributed by atoms with van der Waals surface area (Å²) in [6.07, 6.45) is 2.30. The first-order valence-electron chi connectivity index (χ1n) is 5.41. The van der Waals surface area contributed by atoms with Crippen molar-refractivity contribution >= 4 is 23.2 Å². The summed E-state index contributed by atoms with van der Waals surface area (Å²) >= 11 is 11.6. The first kappa shape index (κ1) is 12.0. The average Bonchev–Trinajstić information content (AvgIpc) is 2.29. The van der Waals surface area contributed by atoms with Crippen molar-refractivity contribution in [3.8, 4) is 5.75 Å². The molecule has 0 atom stereocenters. The van der Waals surface area contributed by atoms with E-state index in [9.17, 15) is 0 Å². The van der Waals surface area contributed by atoms with E-state index in [1.165, 1.54) is 0 Å². The molecule has 3 nitrogen and oxygen atoms in total. The number of rotatable bonds is 3. The Morgan fingerprint density at radius 3 is 2.75 bits per heavy atom. The summed E-state index contributed by atoms with van der Waals surface area (Å²) in [5, 5.41) is 4.04. The number of piperidine rings is 1. The van der Waals surface area contributed by atoms with Crippen LogP contribution in [-0.4, -0.2) is 24.7 Å². The monoisotopic (exact) mass is 260 g/mol.